The smallest absolute Gasteiger partial charge is 0.146 e. The summed E-state index contributed by atoms with van der Waals surface area (Å²) in [4.78, 5) is 3.86. The third-order valence-electron chi connectivity index (χ3n) is 1.73. The van der Waals surface area contributed by atoms with Gasteiger partial charge >= 0.3 is 0 Å². The minimum atomic E-state index is -0.445. The summed E-state index contributed by atoms with van der Waals surface area (Å²) in [5.41, 5.74) is 5.56. The lowest BCUT2D eigenvalue weighted by Gasteiger charge is -2.11. The molecule has 0 spiro atoms. The Bertz CT molecular complexity index is 291. The molecule has 5 heteroatoms. The Morgan fingerprint density at radius 3 is 2.85 bits per heavy atom. The Morgan fingerprint density at radius 2 is 2.38 bits per heavy atom. The molecule has 1 unspecified atom stereocenters. The third-order valence-corrected chi connectivity index (χ3v) is 2.16. The maximum atomic E-state index is 13.2. The molecule has 1 aromatic rings. The largest absolute Gasteiger partial charge is 0.396 e. The fourth-order valence-electron chi connectivity index (χ4n) is 0.998. The Kier molecular flexibility index (Phi) is 3.77. The molecule has 1 heterocycles. The van der Waals surface area contributed by atoms with Crippen molar-refractivity contribution in [1.29, 1.82) is 0 Å². The van der Waals surface area contributed by atoms with Crippen LogP contribution < -0.4 is 5.73 Å². The number of aliphatic hydroxyl groups is 1. The van der Waals surface area contributed by atoms with Crippen LogP contribution in [0.25, 0.3) is 0 Å². The molecule has 0 bridgehead atoms. The van der Waals surface area contributed by atoms with Gasteiger partial charge in [-0.25, -0.2) is 4.39 Å². The Hall–Kier alpha value is -0.520. The van der Waals surface area contributed by atoms with Gasteiger partial charge in [0, 0.05) is 23.1 Å². The van der Waals surface area contributed by atoms with Crippen molar-refractivity contribution in [1.82, 2.24) is 4.98 Å². The van der Waals surface area contributed by atoms with Crippen molar-refractivity contribution in [3.63, 3.8) is 0 Å². The lowest BCUT2D eigenvalue weighted by atomic mass is 10.1. The van der Waals surface area contributed by atoms with Gasteiger partial charge in [-0.15, -0.1) is 0 Å². The van der Waals surface area contributed by atoms with E-state index in [9.17, 15) is 4.39 Å². The Morgan fingerprint density at radius 1 is 1.69 bits per heavy atom. The van der Waals surface area contributed by atoms with Crippen molar-refractivity contribution in [2.24, 2.45) is 5.73 Å². The molecular weight excluding hydrogens is 239 g/mol. The quantitative estimate of drug-likeness (QED) is 0.840. The van der Waals surface area contributed by atoms with Crippen LogP contribution in [-0.4, -0.2) is 23.2 Å². The van der Waals surface area contributed by atoms with Crippen LogP contribution in [0.2, 0.25) is 0 Å². The van der Waals surface area contributed by atoms with Crippen molar-refractivity contribution in [3.05, 3.63) is 28.2 Å². The van der Waals surface area contributed by atoms with E-state index in [-0.39, 0.29) is 18.8 Å². The molecule has 0 aliphatic heterocycles. The molecule has 3 N–H and O–H groups in total. The van der Waals surface area contributed by atoms with Gasteiger partial charge in [0.2, 0.25) is 0 Å². The van der Waals surface area contributed by atoms with E-state index in [1.165, 1.54) is 12.3 Å². The molecule has 0 aromatic carbocycles. The highest BCUT2D eigenvalue weighted by molar-refractivity contribution is 9.10. The van der Waals surface area contributed by atoms with Crippen molar-refractivity contribution in [3.8, 4) is 0 Å². The van der Waals surface area contributed by atoms with Crippen LogP contribution in [0, 0.1) is 5.82 Å². The number of aliphatic hydroxyl groups excluding tert-OH is 1. The lowest BCUT2D eigenvalue weighted by Crippen LogP contribution is -2.18. The van der Waals surface area contributed by atoms with Gasteiger partial charge in [0.1, 0.15) is 5.82 Å². The highest BCUT2D eigenvalue weighted by atomic mass is 79.9. The van der Waals surface area contributed by atoms with E-state index < -0.39 is 11.7 Å². The number of pyridine rings is 1. The number of nitrogens with zero attached hydrogens (tertiary/aromatic N) is 1. The normalized spacial score (nSPS) is 12.9. The van der Waals surface area contributed by atoms with Crippen LogP contribution in [0.5, 0.6) is 0 Å². The topological polar surface area (TPSA) is 59.1 Å². The molecule has 0 fully saturated rings. The van der Waals surface area contributed by atoms with Gasteiger partial charge in [0.05, 0.1) is 12.3 Å². The molecule has 0 saturated heterocycles. The zero-order valence-electron chi connectivity index (χ0n) is 6.87. The predicted molar refractivity (Wildman–Crippen MR) is 50.8 cm³/mol. The Balaban J connectivity index is 2.99. The first-order chi connectivity index (χ1) is 6.19. The molecule has 0 aliphatic rings. The van der Waals surface area contributed by atoms with Crippen molar-refractivity contribution in [2.75, 3.05) is 13.2 Å². The minimum absolute atomic E-state index is 0.183. The number of rotatable bonds is 3. The number of hydrogen-bond donors (Lipinski definition) is 2. The maximum Gasteiger partial charge on any atom is 0.146 e. The minimum Gasteiger partial charge on any atom is -0.396 e. The van der Waals surface area contributed by atoms with Gasteiger partial charge in [0.25, 0.3) is 0 Å². The number of aromatic nitrogens is 1. The molecule has 72 valence electrons. The van der Waals surface area contributed by atoms with Crippen LogP contribution in [-0.2, 0) is 0 Å². The molecule has 1 atom stereocenters. The van der Waals surface area contributed by atoms with Gasteiger partial charge < -0.3 is 10.8 Å². The predicted octanol–water partition coefficient (Wildman–Crippen LogP) is 1.02. The molecule has 0 saturated carbocycles. The van der Waals surface area contributed by atoms with Crippen LogP contribution in [0.4, 0.5) is 4.39 Å². The average molecular weight is 249 g/mol. The van der Waals surface area contributed by atoms with E-state index in [4.69, 9.17) is 10.8 Å². The number of nitrogens with two attached hydrogens (primary N) is 1. The zero-order chi connectivity index (χ0) is 9.84. The first-order valence-corrected chi connectivity index (χ1v) is 4.60. The summed E-state index contributed by atoms with van der Waals surface area (Å²) in [6.45, 7) is -0.00982. The van der Waals surface area contributed by atoms with Gasteiger partial charge in [0.15, 0.2) is 0 Å². The fourth-order valence-corrected chi connectivity index (χ4v) is 1.30. The first kappa shape index (κ1) is 10.6. The van der Waals surface area contributed by atoms with Crippen LogP contribution in [0.15, 0.2) is 16.7 Å². The highest BCUT2D eigenvalue weighted by Crippen LogP contribution is 2.18. The molecule has 3 nitrogen and oxygen atoms in total. The number of hydrogen-bond acceptors (Lipinski definition) is 3. The molecular formula is C8H10BrFN2O. The van der Waals surface area contributed by atoms with Gasteiger partial charge in [-0.05, 0) is 22.0 Å². The Labute approximate surface area is 83.9 Å². The van der Waals surface area contributed by atoms with Crippen LogP contribution in [0.3, 0.4) is 0 Å². The van der Waals surface area contributed by atoms with E-state index in [1.807, 2.05) is 0 Å². The second-order valence-corrected chi connectivity index (χ2v) is 3.55. The standard InChI is InChI=1S/C8H10BrFN2O/c9-6-1-7(10)8(12-3-6)5(2-11)4-13/h1,3,5,13H,2,4,11H2. The average Bonchev–Trinajstić information content (AvgIpc) is 2.10. The zero-order valence-corrected chi connectivity index (χ0v) is 8.46. The molecule has 13 heavy (non-hydrogen) atoms. The highest BCUT2D eigenvalue weighted by Gasteiger charge is 2.14. The first-order valence-electron chi connectivity index (χ1n) is 3.81. The summed E-state index contributed by atoms with van der Waals surface area (Å²) in [5.74, 6) is -0.869. The molecule has 0 radical (unpaired) electrons. The monoisotopic (exact) mass is 248 g/mol. The lowest BCUT2D eigenvalue weighted by molar-refractivity contribution is 0.262. The second kappa shape index (κ2) is 4.64. The van der Waals surface area contributed by atoms with E-state index in [0.29, 0.717) is 4.47 Å². The molecule has 1 aromatic heterocycles. The van der Waals surface area contributed by atoms with E-state index in [2.05, 4.69) is 20.9 Å². The SMILES string of the molecule is NCC(CO)c1ncc(Br)cc1F. The molecule has 0 amide bonds. The summed E-state index contributed by atoms with van der Waals surface area (Å²) in [6, 6.07) is 1.31. The van der Waals surface area contributed by atoms with Crippen molar-refractivity contribution in [2.45, 2.75) is 5.92 Å². The van der Waals surface area contributed by atoms with E-state index in [0.717, 1.165) is 0 Å². The van der Waals surface area contributed by atoms with E-state index in [1.54, 1.807) is 0 Å². The van der Waals surface area contributed by atoms with Crippen molar-refractivity contribution >= 4 is 15.9 Å². The van der Waals surface area contributed by atoms with E-state index >= 15 is 0 Å². The molecule has 1 rings (SSSR count). The van der Waals surface area contributed by atoms with Gasteiger partial charge in [-0.1, -0.05) is 0 Å². The summed E-state index contributed by atoms with van der Waals surface area (Å²) in [7, 11) is 0. The van der Waals surface area contributed by atoms with Crippen molar-refractivity contribution < 1.29 is 9.50 Å². The maximum absolute atomic E-state index is 13.2. The molecule has 0 aliphatic carbocycles. The summed E-state index contributed by atoms with van der Waals surface area (Å²) in [6.07, 6.45) is 1.48. The fraction of sp³-hybridized carbons (Fsp3) is 0.375. The summed E-state index contributed by atoms with van der Waals surface area (Å²) in [5, 5.41) is 8.87. The van der Waals surface area contributed by atoms with Gasteiger partial charge in [-0.3, -0.25) is 4.98 Å². The third kappa shape index (κ3) is 2.46. The number of halogens is 2. The summed E-state index contributed by atoms with van der Waals surface area (Å²) < 4.78 is 13.8. The second-order valence-electron chi connectivity index (χ2n) is 2.64. The van der Waals surface area contributed by atoms with Crippen LogP contribution in [0.1, 0.15) is 11.6 Å². The van der Waals surface area contributed by atoms with Gasteiger partial charge in [-0.2, -0.15) is 0 Å². The summed E-state index contributed by atoms with van der Waals surface area (Å²) >= 11 is 3.09. The van der Waals surface area contributed by atoms with Crippen LogP contribution >= 0.6 is 15.9 Å².